The van der Waals surface area contributed by atoms with E-state index in [0.29, 0.717) is 21.7 Å². The Labute approximate surface area is 165 Å². The molecule has 1 aliphatic rings. The van der Waals surface area contributed by atoms with Gasteiger partial charge in [-0.25, -0.2) is 0 Å². The van der Waals surface area contributed by atoms with Crippen LogP contribution in [0.4, 0.5) is 0 Å². The molecule has 0 unspecified atom stereocenters. The van der Waals surface area contributed by atoms with Gasteiger partial charge in [0.2, 0.25) is 0 Å². The van der Waals surface area contributed by atoms with Crippen molar-refractivity contribution in [3.05, 3.63) is 58.1 Å². The average Bonchev–Trinajstić information content (AvgIpc) is 2.64. The van der Waals surface area contributed by atoms with Crippen LogP contribution in [-0.4, -0.2) is 36.0 Å². The van der Waals surface area contributed by atoms with Crippen LogP contribution in [0.3, 0.4) is 0 Å². The second kappa shape index (κ2) is 8.43. The molecule has 2 aromatic rings. The molecule has 138 valence electrons. The number of piperidine rings is 1. The SMILES string of the molecule is CC(C)N1CCC[C@@H](NC(=O)c2ccc(-c3ccc(Cl)c(Cl)c3)cc2)C1. The lowest BCUT2D eigenvalue weighted by Crippen LogP contribution is -2.49. The van der Waals surface area contributed by atoms with Crippen LogP contribution in [0.1, 0.15) is 37.0 Å². The monoisotopic (exact) mass is 390 g/mol. The summed E-state index contributed by atoms with van der Waals surface area (Å²) < 4.78 is 0. The van der Waals surface area contributed by atoms with Gasteiger partial charge in [0.1, 0.15) is 0 Å². The Bertz CT molecular complexity index is 774. The number of carbonyl (C=O) groups is 1. The number of rotatable bonds is 4. The van der Waals surface area contributed by atoms with Crippen LogP contribution in [0.25, 0.3) is 11.1 Å². The molecule has 0 aliphatic carbocycles. The summed E-state index contributed by atoms with van der Waals surface area (Å²) >= 11 is 12.1. The minimum Gasteiger partial charge on any atom is -0.348 e. The summed E-state index contributed by atoms with van der Waals surface area (Å²) in [5.74, 6) is -0.0127. The predicted molar refractivity (Wildman–Crippen MR) is 109 cm³/mol. The van der Waals surface area contributed by atoms with E-state index in [-0.39, 0.29) is 11.9 Å². The number of likely N-dealkylation sites (tertiary alicyclic amines) is 1. The van der Waals surface area contributed by atoms with Crippen LogP contribution < -0.4 is 5.32 Å². The first kappa shape index (κ1) is 19.2. The van der Waals surface area contributed by atoms with E-state index in [9.17, 15) is 4.79 Å². The summed E-state index contributed by atoms with van der Waals surface area (Å²) in [6, 6.07) is 13.9. The first-order valence-electron chi connectivity index (χ1n) is 9.04. The maximum atomic E-state index is 12.6. The van der Waals surface area contributed by atoms with E-state index in [1.165, 1.54) is 0 Å². The van der Waals surface area contributed by atoms with Crippen molar-refractivity contribution >= 4 is 29.1 Å². The molecular formula is C21H24Cl2N2O. The third kappa shape index (κ3) is 4.59. The summed E-state index contributed by atoms with van der Waals surface area (Å²) in [4.78, 5) is 15.0. The van der Waals surface area contributed by atoms with Gasteiger partial charge in [-0.05, 0) is 68.6 Å². The number of benzene rings is 2. The number of amides is 1. The highest BCUT2D eigenvalue weighted by molar-refractivity contribution is 6.42. The molecule has 0 saturated carbocycles. The van der Waals surface area contributed by atoms with Crippen LogP contribution in [0.5, 0.6) is 0 Å². The van der Waals surface area contributed by atoms with Crippen molar-refractivity contribution in [3.8, 4) is 11.1 Å². The molecule has 5 heteroatoms. The fourth-order valence-corrected chi connectivity index (χ4v) is 3.65. The lowest BCUT2D eigenvalue weighted by Gasteiger charge is -2.35. The Hall–Kier alpha value is -1.55. The third-order valence-electron chi connectivity index (χ3n) is 4.92. The average molecular weight is 391 g/mol. The first-order valence-corrected chi connectivity index (χ1v) is 9.80. The smallest absolute Gasteiger partial charge is 0.251 e. The lowest BCUT2D eigenvalue weighted by molar-refractivity contribution is 0.0886. The van der Waals surface area contributed by atoms with Crippen LogP contribution in [0.15, 0.2) is 42.5 Å². The van der Waals surface area contributed by atoms with Crippen LogP contribution in [0.2, 0.25) is 10.0 Å². The zero-order valence-corrected chi connectivity index (χ0v) is 16.6. The summed E-state index contributed by atoms with van der Waals surface area (Å²) in [6.07, 6.45) is 2.16. The first-order chi connectivity index (χ1) is 12.4. The Morgan fingerprint density at radius 3 is 2.42 bits per heavy atom. The second-order valence-electron chi connectivity index (χ2n) is 7.11. The van der Waals surface area contributed by atoms with E-state index in [2.05, 4.69) is 24.1 Å². The molecular weight excluding hydrogens is 367 g/mol. The number of hydrogen-bond donors (Lipinski definition) is 1. The van der Waals surface area contributed by atoms with Gasteiger partial charge in [0.25, 0.3) is 5.91 Å². The normalized spacial score (nSPS) is 18.1. The van der Waals surface area contributed by atoms with Crippen molar-refractivity contribution in [2.75, 3.05) is 13.1 Å². The Morgan fingerprint density at radius 2 is 1.77 bits per heavy atom. The molecule has 1 aliphatic heterocycles. The molecule has 1 N–H and O–H groups in total. The molecule has 0 spiro atoms. The third-order valence-corrected chi connectivity index (χ3v) is 5.66. The highest BCUT2D eigenvalue weighted by atomic mass is 35.5. The maximum Gasteiger partial charge on any atom is 0.251 e. The van der Waals surface area contributed by atoms with E-state index in [1.54, 1.807) is 6.07 Å². The molecule has 1 amide bonds. The van der Waals surface area contributed by atoms with Crippen molar-refractivity contribution in [3.63, 3.8) is 0 Å². The molecule has 1 heterocycles. The predicted octanol–water partition coefficient (Wildman–Crippen LogP) is 5.26. The number of nitrogens with one attached hydrogen (secondary N) is 1. The molecule has 0 bridgehead atoms. The van der Waals surface area contributed by atoms with Crippen LogP contribution in [-0.2, 0) is 0 Å². The van der Waals surface area contributed by atoms with Crippen LogP contribution in [0, 0.1) is 0 Å². The highest BCUT2D eigenvalue weighted by Gasteiger charge is 2.23. The van der Waals surface area contributed by atoms with Gasteiger partial charge in [-0.3, -0.25) is 9.69 Å². The highest BCUT2D eigenvalue weighted by Crippen LogP contribution is 2.28. The summed E-state index contributed by atoms with van der Waals surface area (Å²) in [5.41, 5.74) is 2.66. The molecule has 26 heavy (non-hydrogen) atoms. The Morgan fingerprint density at radius 1 is 1.08 bits per heavy atom. The van der Waals surface area contributed by atoms with Gasteiger partial charge in [0.05, 0.1) is 10.0 Å². The van der Waals surface area contributed by atoms with Crippen molar-refractivity contribution in [2.45, 2.75) is 38.8 Å². The number of nitrogens with zero attached hydrogens (tertiary/aromatic N) is 1. The fraction of sp³-hybridized carbons (Fsp3) is 0.381. The van der Waals surface area contributed by atoms with Gasteiger partial charge in [-0.2, -0.15) is 0 Å². The molecule has 1 saturated heterocycles. The quantitative estimate of drug-likeness (QED) is 0.771. The zero-order valence-electron chi connectivity index (χ0n) is 15.1. The summed E-state index contributed by atoms with van der Waals surface area (Å²) in [6.45, 7) is 6.44. The lowest BCUT2D eigenvalue weighted by atomic mass is 10.0. The van der Waals surface area contributed by atoms with Gasteiger partial charge in [0, 0.05) is 24.2 Å². The number of hydrogen-bond acceptors (Lipinski definition) is 2. The molecule has 0 aromatic heterocycles. The second-order valence-corrected chi connectivity index (χ2v) is 7.92. The Balaban J connectivity index is 1.66. The molecule has 1 atom stereocenters. The molecule has 3 rings (SSSR count). The summed E-state index contributed by atoms with van der Waals surface area (Å²) in [5, 5.41) is 4.24. The molecule has 0 radical (unpaired) electrons. The van der Waals surface area contributed by atoms with Crippen molar-refractivity contribution in [1.82, 2.24) is 10.2 Å². The number of halogens is 2. The largest absolute Gasteiger partial charge is 0.348 e. The Kier molecular flexibility index (Phi) is 6.23. The van der Waals surface area contributed by atoms with Crippen LogP contribution >= 0.6 is 23.2 Å². The topological polar surface area (TPSA) is 32.3 Å². The van der Waals surface area contributed by atoms with E-state index in [4.69, 9.17) is 23.2 Å². The number of carbonyl (C=O) groups excluding carboxylic acids is 1. The molecule has 1 fully saturated rings. The van der Waals surface area contributed by atoms with Gasteiger partial charge in [-0.15, -0.1) is 0 Å². The van der Waals surface area contributed by atoms with Crippen molar-refractivity contribution in [2.24, 2.45) is 0 Å². The standard InChI is InChI=1S/C21H24Cl2N2O/c1-14(2)25-11-3-4-18(13-25)24-21(26)16-7-5-15(6-8-16)17-9-10-19(22)20(23)12-17/h5-10,12,14,18H,3-4,11,13H2,1-2H3,(H,24,26)/t18-/m1/s1. The van der Waals surface area contributed by atoms with Gasteiger partial charge in [-0.1, -0.05) is 41.4 Å². The van der Waals surface area contributed by atoms with Gasteiger partial charge >= 0.3 is 0 Å². The fourth-order valence-electron chi connectivity index (χ4n) is 3.35. The van der Waals surface area contributed by atoms with Gasteiger partial charge < -0.3 is 5.32 Å². The van der Waals surface area contributed by atoms with Crippen molar-refractivity contribution in [1.29, 1.82) is 0 Å². The zero-order chi connectivity index (χ0) is 18.7. The van der Waals surface area contributed by atoms with E-state index < -0.39 is 0 Å². The minimum atomic E-state index is -0.0127. The van der Waals surface area contributed by atoms with Gasteiger partial charge in [0.15, 0.2) is 0 Å². The van der Waals surface area contributed by atoms with Crippen molar-refractivity contribution < 1.29 is 4.79 Å². The maximum absolute atomic E-state index is 12.6. The minimum absolute atomic E-state index is 0.0127. The summed E-state index contributed by atoms with van der Waals surface area (Å²) in [7, 11) is 0. The van der Waals surface area contributed by atoms with E-state index in [0.717, 1.165) is 37.1 Å². The van der Waals surface area contributed by atoms with E-state index in [1.807, 2.05) is 36.4 Å². The molecule has 2 aromatic carbocycles. The van der Waals surface area contributed by atoms with E-state index >= 15 is 0 Å². The molecule has 3 nitrogen and oxygen atoms in total.